The molecule has 0 atom stereocenters. The summed E-state index contributed by atoms with van der Waals surface area (Å²) < 4.78 is 6.83. The van der Waals surface area contributed by atoms with Crippen molar-refractivity contribution in [3.8, 4) is 5.75 Å². The van der Waals surface area contributed by atoms with E-state index in [2.05, 4.69) is 25.9 Å². The maximum atomic E-state index is 12.3. The zero-order valence-electron chi connectivity index (χ0n) is 16.9. The number of fused-ring (bicyclic) bond motifs is 1. The number of carbonyl (C=O) groups is 1. The molecule has 1 amide bonds. The Balaban J connectivity index is 1.38. The molecule has 2 aromatic heterocycles. The smallest absolute Gasteiger partial charge is 0.224 e. The number of anilines is 2. The Bertz CT molecular complexity index is 1190. The predicted octanol–water partition coefficient (Wildman–Crippen LogP) is 3.97. The van der Waals surface area contributed by atoms with Crippen LogP contribution in [0.4, 0.5) is 11.5 Å². The normalized spacial score (nSPS) is 10.8. The second kappa shape index (κ2) is 9.44. The molecule has 8 nitrogen and oxygen atoms in total. The molecule has 9 heteroatoms. The number of methoxy groups -OCH3 is 1. The Kier molecular flexibility index (Phi) is 6.28. The Morgan fingerprint density at radius 2 is 1.94 bits per heavy atom. The van der Waals surface area contributed by atoms with Crippen LogP contribution in [-0.4, -0.2) is 32.8 Å². The van der Waals surface area contributed by atoms with Crippen LogP contribution in [-0.2, 0) is 17.8 Å². The first-order valence-electron chi connectivity index (χ1n) is 9.74. The van der Waals surface area contributed by atoms with Crippen molar-refractivity contribution in [2.24, 2.45) is 0 Å². The lowest BCUT2D eigenvalue weighted by atomic mass is 10.2. The molecular formula is C22H21ClN6O2. The van der Waals surface area contributed by atoms with E-state index in [1.807, 2.05) is 54.6 Å². The quantitative estimate of drug-likeness (QED) is 0.434. The lowest BCUT2D eigenvalue weighted by Crippen LogP contribution is -2.13. The van der Waals surface area contributed by atoms with Crippen molar-refractivity contribution in [3.63, 3.8) is 0 Å². The number of ether oxygens (including phenoxy) is 1. The van der Waals surface area contributed by atoms with E-state index in [4.69, 9.17) is 16.3 Å². The van der Waals surface area contributed by atoms with E-state index in [1.54, 1.807) is 17.7 Å². The Morgan fingerprint density at radius 3 is 2.74 bits per heavy atom. The molecule has 158 valence electrons. The van der Waals surface area contributed by atoms with Gasteiger partial charge in [0.25, 0.3) is 0 Å². The maximum absolute atomic E-state index is 12.3. The first-order chi connectivity index (χ1) is 15.1. The summed E-state index contributed by atoms with van der Waals surface area (Å²) in [7, 11) is 1.59. The fourth-order valence-electron chi connectivity index (χ4n) is 3.03. The van der Waals surface area contributed by atoms with Gasteiger partial charge in [-0.1, -0.05) is 29.8 Å². The molecule has 0 unspecified atom stereocenters. The van der Waals surface area contributed by atoms with Crippen LogP contribution in [0.2, 0.25) is 5.02 Å². The molecule has 0 aliphatic rings. The molecule has 4 aromatic rings. The molecule has 31 heavy (non-hydrogen) atoms. The lowest BCUT2D eigenvalue weighted by molar-refractivity contribution is -0.116. The van der Waals surface area contributed by atoms with E-state index in [0.717, 1.165) is 5.56 Å². The van der Waals surface area contributed by atoms with Crippen molar-refractivity contribution < 1.29 is 9.53 Å². The standard InChI is InChI=1S/C22H21ClN6O2/c1-31-18-4-2-3-17(13-18)25-22(30)12-11-21-27-26-20-10-9-19(28-29(20)21)24-14-15-5-7-16(23)8-6-15/h2-10,13H,11-12,14H2,1H3,(H,24,28)(H,25,30). The van der Waals surface area contributed by atoms with Crippen LogP contribution in [0.15, 0.2) is 60.7 Å². The van der Waals surface area contributed by atoms with Crippen LogP contribution in [0, 0.1) is 0 Å². The summed E-state index contributed by atoms with van der Waals surface area (Å²) in [5.41, 5.74) is 2.40. The Morgan fingerprint density at radius 1 is 1.10 bits per heavy atom. The van der Waals surface area contributed by atoms with E-state index in [0.29, 0.717) is 46.7 Å². The van der Waals surface area contributed by atoms with Crippen molar-refractivity contribution in [2.75, 3.05) is 17.7 Å². The molecule has 0 radical (unpaired) electrons. The lowest BCUT2D eigenvalue weighted by Gasteiger charge is -2.08. The third kappa shape index (κ3) is 5.29. The number of nitrogens with zero attached hydrogens (tertiary/aromatic N) is 4. The van der Waals surface area contributed by atoms with Gasteiger partial charge in [0.05, 0.1) is 7.11 Å². The van der Waals surface area contributed by atoms with Crippen molar-refractivity contribution in [2.45, 2.75) is 19.4 Å². The van der Waals surface area contributed by atoms with E-state index in [1.165, 1.54) is 0 Å². The van der Waals surface area contributed by atoms with Gasteiger partial charge in [-0.05, 0) is 42.0 Å². The highest BCUT2D eigenvalue weighted by atomic mass is 35.5. The minimum absolute atomic E-state index is 0.123. The number of hydrogen-bond donors (Lipinski definition) is 2. The number of aryl methyl sites for hydroxylation is 1. The Labute approximate surface area is 184 Å². The van der Waals surface area contributed by atoms with Crippen molar-refractivity contribution in [1.82, 2.24) is 19.8 Å². The fraction of sp³-hybridized carbons (Fsp3) is 0.182. The number of halogens is 1. The summed E-state index contributed by atoms with van der Waals surface area (Å²) in [5.74, 6) is 1.86. The van der Waals surface area contributed by atoms with Crippen LogP contribution in [0.5, 0.6) is 5.75 Å². The maximum Gasteiger partial charge on any atom is 0.224 e. The molecule has 2 aromatic carbocycles. The second-order valence-electron chi connectivity index (χ2n) is 6.86. The SMILES string of the molecule is COc1cccc(NC(=O)CCc2nnc3ccc(NCc4ccc(Cl)cc4)nn23)c1. The molecule has 0 aliphatic carbocycles. The average Bonchev–Trinajstić information content (AvgIpc) is 3.19. The van der Waals surface area contributed by atoms with Crippen molar-refractivity contribution in [3.05, 3.63) is 77.1 Å². The van der Waals surface area contributed by atoms with Gasteiger partial charge in [-0.3, -0.25) is 4.79 Å². The predicted molar refractivity (Wildman–Crippen MR) is 120 cm³/mol. The van der Waals surface area contributed by atoms with Crippen molar-refractivity contribution in [1.29, 1.82) is 0 Å². The van der Waals surface area contributed by atoms with Gasteiger partial charge in [-0.15, -0.1) is 15.3 Å². The Hall–Kier alpha value is -3.65. The monoisotopic (exact) mass is 436 g/mol. The molecule has 0 spiro atoms. The van der Waals surface area contributed by atoms with Crippen LogP contribution in [0.3, 0.4) is 0 Å². The molecule has 2 N–H and O–H groups in total. The molecule has 0 fully saturated rings. The molecule has 2 heterocycles. The van der Waals surface area contributed by atoms with Crippen LogP contribution in [0.1, 0.15) is 17.8 Å². The van der Waals surface area contributed by atoms with Crippen LogP contribution >= 0.6 is 11.6 Å². The number of nitrogens with one attached hydrogen (secondary N) is 2. The number of rotatable bonds is 8. The van der Waals surface area contributed by atoms with E-state index < -0.39 is 0 Å². The third-order valence-corrected chi connectivity index (χ3v) is 4.90. The van der Waals surface area contributed by atoms with E-state index in [9.17, 15) is 4.79 Å². The molecular weight excluding hydrogens is 416 g/mol. The van der Waals surface area contributed by atoms with Crippen LogP contribution < -0.4 is 15.4 Å². The molecule has 4 rings (SSSR count). The number of aromatic nitrogens is 4. The van der Waals surface area contributed by atoms with Gasteiger partial charge in [0, 0.05) is 36.2 Å². The van der Waals surface area contributed by atoms with Gasteiger partial charge in [0.15, 0.2) is 11.5 Å². The van der Waals surface area contributed by atoms with Gasteiger partial charge in [0.1, 0.15) is 11.6 Å². The van der Waals surface area contributed by atoms with Gasteiger partial charge in [0.2, 0.25) is 5.91 Å². The zero-order chi connectivity index (χ0) is 21.6. The molecule has 0 aliphatic heterocycles. The minimum Gasteiger partial charge on any atom is -0.497 e. The summed E-state index contributed by atoms with van der Waals surface area (Å²) in [4.78, 5) is 12.3. The number of carbonyl (C=O) groups excluding carboxylic acids is 1. The largest absolute Gasteiger partial charge is 0.497 e. The topological polar surface area (TPSA) is 93.4 Å². The van der Waals surface area contributed by atoms with Gasteiger partial charge < -0.3 is 15.4 Å². The highest BCUT2D eigenvalue weighted by Gasteiger charge is 2.11. The first kappa shape index (κ1) is 20.6. The number of hydrogen-bond acceptors (Lipinski definition) is 6. The zero-order valence-corrected chi connectivity index (χ0v) is 17.6. The minimum atomic E-state index is -0.123. The summed E-state index contributed by atoms with van der Waals surface area (Å²) in [6.07, 6.45) is 0.659. The summed E-state index contributed by atoms with van der Waals surface area (Å²) in [5, 5.41) is 19.7. The fourth-order valence-corrected chi connectivity index (χ4v) is 3.15. The van der Waals surface area contributed by atoms with Gasteiger partial charge in [-0.2, -0.15) is 4.52 Å². The molecule has 0 saturated carbocycles. The number of amides is 1. The summed E-state index contributed by atoms with van der Waals surface area (Å²) >= 11 is 5.93. The second-order valence-corrected chi connectivity index (χ2v) is 7.30. The van der Waals surface area contributed by atoms with E-state index in [-0.39, 0.29) is 12.3 Å². The first-order valence-corrected chi connectivity index (χ1v) is 10.1. The summed E-state index contributed by atoms with van der Waals surface area (Å²) in [6, 6.07) is 18.5. The van der Waals surface area contributed by atoms with Gasteiger partial charge in [-0.25, -0.2) is 0 Å². The number of benzene rings is 2. The average molecular weight is 437 g/mol. The highest BCUT2D eigenvalue weighted by Crippen LogP contribution is 2.17. The van der Waals surface area contributed by atoms with Crippen LogP contribution in [0.25, 0.3) is 5.65 Å². The van der Waals surface area contributed by atoms with E-state index >= 15 is 0 Å². The third-order valence-electron chi connectivity index (χ3n) is 4.64. The summed E-state index contributed by atoms with van der Waals surface area (Å²) in [6.45, 7) is 0.607. The highest BCUT2D eigenvalue weighted by molar-refractivity contribution is 6.30. The van der Waals surface area contributed by atoms with Crippen molar-refractivity contribution >= 4 is 34.7 Å². The molecule has 0 saturated heterocycles. The molecule has 0 bridgehead atoms. The van der Waals surface area contributed by atoms with Gasteiger partial charge >= 0.3 is 0 Å².